The zero-order valence-corrected chi connectivity index (χ0v) is 15.5. The van der Waals surface area contributed by atoms with Gasteiger partial charge in [0.2, 0.25) is 0 Å². The predicted molar refractivity (Wildman–Crippen MR) is 98.2 cm³/mol. The van der Waals surface area contributed by atoms with E-state index in [0.717, 1.165) is 23.5 Å². The van der Waals surface area contributed by atoms with E-state index in [1.165, 1.54) is 25.2 Å². The molecular formula is C17H18F3N4O3S+. The number of halogens is 3. The lowest BCUT2D eigenvalue weighted by Gasteiger charge is -2.16. The fourth-order valence-electron chi connectivity index (χ4n) is 2.42. The maximum Gasteiger partial charge on any atom is 0.418 e. The maximum atomic E-state index is 13.0. The largest absolute Gasteiger partial charge is 0.418 e. The van der Waals surface area contributed by atoms with Gasteiger partial charge in [-0.15, -0.1) is 11.3 Å². The zero-order valence-electron chi connectivity index (χ0n) is 14.7. The number of nitrogens with two attached hydrogens (primary N) is 1. The fraction of sp³-hybridized carbons (Fsp3) is 0.235. The summed E-state index contributed by atoms with van der Waals surface area (Å²) in [6.07, 6.45) is -4.60. The van der Waals surface area contributed by atoms with Gasteiger partial charge < -0.3 is 21.3 Å². The molecule has 1 aromatic heterocycles. The van der Waals surface area contributed by atoms with Crippen molar-refractivity contribution in [3.05, 3.63) is 46.8 Å². The molecule has 0 aliphatic carbocycles. The molecule has 2 rings (SSSR count). The van der Waals surface area contributed by atoms with Gasteiger partial charge in [0, 0.05) is 0 Å². The lowest BCUT2D eigenvalue weighted by atomic mass is 10.1. The third-order valence-corrected chi connectivity index (χ3v) is 4.44. The summed E-state index contributed by atoms with van der Waals surface area (Å²) in [7, 11) is 1.54. The van der Waals surface area contributed by atoms with E-state index in [1.807, 2.05) is 0 Å². The van der Waals surface area contributed by atoms with Crippen molar-refractivity contribution in [2.75, 3.05) is 30.8 Å². The monoisotopic (exact) mass is 415 g/mol. The van der Waals surface area contributed by atoms with Gasteiger partial charge in [-0.2, -0.15) is 13.2 Å². The minimum Gasteiger partial charge on any atom is -0.366 e. The number of rotatable bonds is 7. The molecule has 0 aliphatic heterocycles. The van der Waals surface area contributed by atoms with Crippen molar-refractivity contribution in [1.82, 2.24) is 0 Å². The molecule has 1 heterocycles. The molecule has 1 aromatic carbocycles. The average molecular weight is 415 g/mol. The molecule has 0 aliphatic rings. The van der Waals surface area contributed by atoms with Gasteiger partial charge in [0.05, 0.1) is 23.9 Å². The van der Waals surface area contributed by atoms with Crippen molar-refractivity contribution in [2.45, 2.75) is 6.18 Å². The first-order valence-electron chi connectivity index (χ1n) is 8.02. The summed E-state index contributed by atoms with van der Waals surface area (Å²) in [4.78, 5) is 35.8. The van der Waals surface area contributed by atoms with Gasteiger partial charge in [0.25, 0.3) is 17.7 Å². The molecule has 28 heavy (non-hydrogen) atoms. The highest BCUT2D eigenvalue weighted by atomic mass is 32.1. The predicted octanol–water partition coefficient (Wildman–Crippen LogP) is 0.958. The van der Waals surface area contributed by atoms with Gasteiger partial charge in [-0.25, -0.2) is 0 Å². The summed E-state index contributed by atoms with van der Waals surface area (Å²) in [6.45, 7) is -0.364. The van der Waals surface area contributed by atoms with Crippen LogP contribution in [-0.2, 0) is 15.8 Å². The molecular weight excluding hydrogens is 397 g/mol. The van der Waals surface area contributed by atoms with E-state index in [4.69, 9.17) is 5.73 Å². The van der Waals surface area contributed by atoms with Crippen LogP contribution in [0.2, 0.25) is 0 Å². The number of likely N-dealkylation sites (N-methyl/N-ethyl adjacent to an activating group) is 1. The number of hydrogen-bond donors (Lipinski definition) is 4. The molecule has 0 spiro atoms. The van der Waals surface area contributed by atoms with Crippen LogP contribution >= 0.6 is 11.3 Å². The van der Waals surface area contributed by atoms with Crippen molar-refractivity contribution in [1.29, 1.82) is 0 Å². The van der Waals surface area contributed by atoms with Crippen molar-refractivity contribution in [2.24, 2.45) is 5.73 Å². The molecule has 3 amide bonds. The number of thiophene rings is 1. The van der Waals surface area contributed by atoms with Crippen LogP contribution in [0.25, 0.3) is 0 Å². The number of anilines is 2. The van der Waals surface area contributed by atoms with E-state index in [2.05, 4.69) is 10.6 Å². The first-order chi connectivity index (χ1) is 13.1. The van der Waals surface area contributed by atoms with E-state index < -0.39 is 29.5 Å². The van der Waals surface area contributed by atoms with Crippen LogP contribution in [0.15, 0.2) is 35.7 Å². The molecule has 0 radical (unpaired) electrons. The first-order valence-corrected chi connectivity index (χ1v) is 8.90. The first kappa shape index (κ1) is 21.4. The Balaban J connectivity index is 1.92. The normalized spacial score (nSPS) is 12.3. The zero-order chi connectivity index (χ0) is 20.9. The smallest absolute Gasteiger partial charge is 0.366 e. The van der Waals surface area contributed by atoms with Gasteiger partial charge >= 0.3 is 6.18 Å². The number of nitrogens with one attached hydrogen (secondary N) is 3. The minimum absolute atomic E-state index is 0.134. The highest BCUT2D eigenvalue weighted by Crippen LogP contribution is 2.34. The molecule has 1 unspecified atom stereocenters. The molecule has 0 saturated carbocycles. The van der Waals surface area contributed by atoms with Crippen molar-refractivity contribution < 1.29 is 32.5 Å². The molecule has 5 N–H and O–H groups in total. The number of alkyl halides is 3. The summed E-state index contributed by atoms with van der Waals surface area (Å²) in [6, 6.07) is 6.12. The molecule has 150 valence electrons. The molecule has 0 fully saturated rings. The Morgan fingerprint density at radius 3 is 2.29 bits per heavy atom. The second-order valence-corrected chi connectivity index (χ2v) is 6.89. The van der Waals surface area contributed by atoms with Crippen LogP contribution < -0.4 is 21.3 Å². The number of carbonyl (C=O) groups is 3. The van der Waals surface area contributed by atoms with Gasteiger partial charge in [0.1, 0.15) is 5.00 Å². The summed E-state index contributed by atoms with van der Waals surface area (Å²) in [5.74, 6) is -1.82. The second-order valence-electron chi connectivity index (χ2n) is 5.98. The number of amides is 3. The molecule has 1 atom stereocenters. The fourth-order valence-corrected chi connectivity index (χ4v) is 3.22. The number of primary amides is 1. The Morgan fingerprint density at radius 2 is 1.68 bits per heavy atom. The van der Waals surface area contributed by atoms with Gasteiger partial charge in [-0.05, 0) is 23.6 Å². The van der Waals surface area contributed by atoms with Crippen molar-refractivity contribution >= 4 is 39.7 Å². The number of hydrogen-bond acceptors (Lipinski definition) is 4. The maximum absolute atomic E-state index is 13.0. The van der Waals surface area contributed by atoms with Gasteiger partial charge in [-0.3, -0.25) is 14.4 Å². The van der Waals surface area contributed by atoms with Crippen LogP contribution in [0.3, 0.4) is 0 Å². The third kappa shape index (κ3) is 5.79. The Bertz CT molecular complexity index is 883. The van der Waals surface area contributed by atoms with E-state index in [-0.39, 0.29) is 24.3 Å². The lowest BCUT2D eigenvalue weighted by molar-refractivity contribution is -0.862. The van der Waals surface area contributed by atoms with Gasteiger partial charge in [0.15, 0.2) is 13.1 Å². The Labute approximate surface area is 162 Å². The molecule has 11 heteroatoms. The summed E-state index contributed by atoms with van der Waals surface area (Å²) in [5, 5.41) is 6.65. The van der Waals surface area contributed by atoms with Crippen molar-refractivity contribution in [3.8, 4) is 0 Å². The highest BCUT2D eigenvalue weighted by molar-refractivity contribution is 7.14. The van der Waals surface area contributed by atoms with E-state index in [1.54, 1.807) is 5.38 Å². The van der Waals surface area contributed by atoms with E-state index in [0.29, 0.717) is 9.90 Å². The second kappa shape index (κ2) is 8.85. The SMILES string of the molecule is C[NH+](CC(=O)Nc1ccccc1C(F)(F)F)CC(=O)Nc1sccc1C(N)=O. The van der Waals surface area contributed by atoms with Crippen molar-refractivity contribution in [3.63, 3.8) is 0 Å². The minimum atomic E-state index is -4.60. The third-order valence-electron chi connectivity index (χ3n) is 3.61. The van der Waals surface area contributed by atoms with Crippen LogP contribution in [0, 0.1) is 0 Å². The molecule has 2 aromatic rings. The quantitative estimate of drug-likeness (QED) is 0.541. The number of benzene rings is 1. The standard InChI is InChI=1S/C17H17F3N4O3S/c1-24(9-14(26)23-16-10(15(21)27)6-7-28-16)8-13(25)22-12-5-3-2-4-11(12)17(18,19)20/h2-7H,8-9H2,1H3,(H2,21,27)(H,22,25)(H,23,26)/p+1. The number of carbonyl (C=O) groups excluding carboxylic acids is 3. The molecule has 0 bridgehead atoms. The Hall–Kier alpha value is -2.92. The average Bonchev–Trinajstić information content (AvgIpc) is 3.02. The molecule has 7 nitrogen and oxygen atoms in total. The summed E-state index contributed by atoms with van der Waals surface area (Å²) >= 11 is 1.12. The molecule has 0 saturated heterocycles. The Morgan fingerprint density at radius 1 is 1.07 bits per heavy atom. The van der Waals surface area contributed by atoms with Crippen LogP contribution in [0.4, 0.5) is 23.9 Å². The van der Waals surface area contributed by atoms with E-state index in [9.17, 15) is 27.6 Å². The highest BCUT2D eigenvalue weighted by Gasteiger charge is 2.33. The van der Waals surface area contributed by atoms with Gasteiger partial charge in [-0.1, -0.05) is 12.1 Å². The van der Waals surface area contributed by atoms with Crippen LogP contribution in [0.1, 0.15) is 15.9 Å². The number of quaternary nitrogens is 1. The lowest BCUT2D eigenvalue weighted by Crippen LogP contribution is -3.11. The van der Waals surface area contributed by atoms with Crippen LogP contribution in [0.5, 0.6) is 0 Å². The van der Waals surface area contributed by atoms with Crippen LogP contribution in [-0.4, -0.2) is 37.9 Å². The number of para-hydroxylation sites is 1. The van der Waals surface area contributed by atoms with E-state index >= 15 is 0 Å². The Kier molecular flexibility index (Phi) is 6.75. The summed E-state index contributed by atoms with van der Waals surface area (Å²) in [5.41, 5.74) is 4.08. The summed E-state index contributed by atoms with van der Waals surface area (Å²) < 4.78 is 38.9. The topological polar surface area (TPSA) is 106 Å².